The first kappa shape index (κ1) is 11.5. The first-order chi connectivity index (χ1) is 7.79. The summed E-state index contributed by atoms with van der Waals surface area (Å²) in [7, 11) is 2.11. The van der Waals surface area contributed by atoms with Gasteiger partial charge in [-0.2, -0.15) is 4.98 Å². The number of hydrogen-bond donors (Lipinski definition) is 1. The molecule has 0 amide bonds. The molecule has 0 radical (unpaired) electrons. The normalized spacial score (nSPS) is 20.8. The topological polar surface area (TPSA) is 54.2 Å². The number of aromatic nitrogens is 2. The van der Waals surface area contributed by atoms with Crippen LogP contribution in [0.15, 0.2) is 4.52 Å². The molecule has 16 heavy (non-hydrogen) atoms. The van der Waals surface area contributed by atoms with Crippen molar-refractivity contribution in [2.24, 2.45) is 0 Å². The molecule has 1 unspecified atom stereocenters. The molecule has 1 aliphatic rings. The van der Waals surface area contributed by atoms with Gasteiger partial charge in [-0.15, -0.1) is 0 Å². The largest absolute Gasteiger partial charge is 0.338 e. The van der Waals surface area contributed by atoms with Crippen molar-refractivity contribution in [1.29, 1.82) is 0 Å². The van der Waals surface area contributed by atoms with Gasteiger partial charge in [0.1, 0.15) is 0 Å². The Hall–Kier alpha value is -0.940. The quantitative estimate of drug-likeness (QED) is 0.802. The molecule has 1 saturated heterocycles. The van der Waals surface area contributed by atoms with Gasteiger partial charge in [0.15, 0.2) is 5.82 Å². The zero-order valence-corrected chi connectivity index (χ0v) is 10.1. The molecule has 1 aromatic heterocycles. The van der Waals surface area contributed by atoms with Gasteiger partial charge in [0, 0.05) is 19.0 Å². The van der Waals surface area contributed by atoms with Gasteiger partial charge in [-0.25, -0.2) is 0 Å². The lowest BCUT2D eigenvalue weighted by Crippen LogP contribution is -2.32. The van der Waals surface area contributed by atoms with E-state index in [9.17, 15) is 0 Å². The Balaban J connectivity index is 1.87. The van der Waals surface area contributed by atoms with Crippen LogP contribution in [0.1, 0.15) is 31.5 Å². The van der Waals surface area contributed by atoms with Crippen LogP contribution < -0.4 is 5.32 Å². The van der Waals surface area contributed by atoms with Crippen molar-refractivity contribution in [1.82, 2.24) is 20.4 Å². The van der Waals surface area contributed by atoms with Crippen molar-refractivity contribution in [2.45, 2.75) is 38.8 Å². The van der Waals surface area contributed by atoms with Gasteiger partial charge in [0.2, 0.25) is 5.89 Å². The predicted octanol–water partition coefficient (Wildman–Crippen LogP) is 0.816. The highest BCUT2D eigenvalue weighted by molar-refractivity contribution is 4.88. The summed E-state index contributed by atoms with van der Waals surface area (Å²) in [6.45, 7) is 5.04. The highest BCUT2D eigenvalue weighted by atomic mass is 16.5. The van der Waals surface area contributed by atoms with Gasteiger partial charge < -0.3 is 9.84 Å². The molecule has 5 nitrogen and oxygen atoms in total. The lowest BCUT2D eigenvalue weighted by Gasteiger charge is -2.21. The summed E-state index contributed by atoms with van der Waals surface area (Å²) in [4.78, 5) is 6.65. The zero-order chi connectivity index (χ0) is 11.4. The highest BCUT2D eigenvalue weighted by Gasteiger charge is 2.20. The van der Waals surface area contributed by atoms with E-state index in [0.717, 1.165) is 44.2 Å². The first-order valence-corrected chi connectivity index (χ1v) is 6.02. The van der Waals surface area contributed by atoms with Crippen LogP contribution in [0.2, 0.25) is 0 Å². The summed E-state index contributed by atoms with van der Waals surface area (Å²) in [6, 6.07) is 0.599. The maximum atomic E-state index is 5.22. The number of nitrogens with one attached hydrogen (secondary N) is 1. The van der Waals surface area contributed by atoms with Crippen LogP contribution in [0.3, 0.4) is 0 Å². The van der Waals surface area contributed by atoms with Crippen molar-refractivity contribution in [3.63, 3.8) is 0 Å². The summed E-state index contributed by atoms with van der Waals surface area (Å²) in [6.07, 6.45) is 3.16. The lowest BCUT2D eigenvalue weighted by atomic mass is 10.2. The fourth-order valence-corrected chi connectivity index (χ4v) is 2.04. The van der Waals surface area contributed by atoms with E-state index in [2.05, 4.69) is 34.3 Å². The monoisotopic (exact) mass is 224 g/mol. The molecule has 90 valence electrons. The van der Waals surface area contributed by atoms with Crippen molar-refractivity contribution in [3.05, 3.63) is 11.7 Å². The van der Waals surface area contributed by atoms with E-state index in [1.807, 2.05) is 0 Å². The minimum absolute atomic E-state index is 0.599. The van der Waals surface area contributed by atoms with Gasteiger partial charge >= 0.3 is 0 Å². The molecule has 1 aromatic rings. The van der Waals surface area contributed by atoms with Crippen molar-refractivity contribution in [2.75, 3.05) is 20.1 Å². The standard InChI is InChI=1S/C11H20N4O/c1-3-4-10-13-11(16-14-10)8-15(2)9-5-6-12-7-9/h9,12H,3-8H2,1-2H3. The Morgan fingerprint density at radius 3 is 3.12 bits per heavy atom. The summed E-state index contributed by atoms with van der Waals surface area (Å²) < 4.78 is 5.22. The summed E-state index contributed by atoms with van der Waals surface area (Å²) >= 11 is 0. The summed E-state index contributed by atoms with van der Waals surface area (Å²) in [5.74, 6) is 1.56. The van der Waals surface area contributed by atoms with Crippen LogP contribution >= 0.6 is 0 Å². The summed E-state index contributed by atoms with van der Waals surface area (Å²) in [5, 5.41) is 7.31. The molecule has 0 aliphatic carbocycles. The maximum Gasteiger partial charge on any atom is 0.240 e. The van der Waals surface area contributed by atoms with E-state index < -0.39 is 0 Å². The van der Waals surface area contributed by atoms with E-state index in [1.165, 1.54) is 6.42 Å². The van der Waals surface area contributed by atoms with Crippen LogP contribution in [0, 0.1) is 0 Å². The summed E-state index contributed by atoms with van der Waals surface area (Å²) in [5.41, 5.74) is 0. The minimum atomic E-state index is 0.599. The third kappa shape index (κ3) is 2.80. The minimum Gasteiger partial charge on any atom is -0.338 e. The number of nitrogens with zero attached hydrogens (tertiary/aromatic N) is 3. The lowest BCUT2D eigenvalue weighted by molar-refractivity contribution is 0.214. The van der Waals surface area contributed by atoms with Crippen molar-refractivity contribution >= 4 is 0 Å². The molecule has 0 spiro atoms. The van der Waals surface area contributed by atoms with E-state index in [1.54, 1.807) is 0 Å². The molecular weight excluding hydrogens is 204 g/mol. The van der Waals surface area contributed by atoms with Gasteiger partial charge in [0.25, 0.3) is 0 Å². The van der Waals surface area contributed by atoms with Crippen LogP contribution in [0.25, 0.3) is 0 Å². The molecule has 1 atom stereocenters. The van der Waals surface area contributed by atoms with Crippen molar-refractivity contribution in [3.8, 4) is 0 Å². The van der Waals surface area contributed by atoms with Crippen LogP contribution in [0.4, 0.5) is 0 Å². The highest BCUT2D eigenvalue weighted by Crippen LogP contribution is 2.10. The van der Waals surface area contributed by atoms with E-state index >= 15 is 0 Å². The molecule has 2 heterocycles. The maximum absolute atomic E-state index is 5.22. The molecule has 5 heteroatoms. The third-order valence-electron chi connectivity index (χ3n) is 3.03. The second-order valence-electron chi connectivity index (χ2n) is 4.42. The smallest absolute Gasteiger partial charge is 0.240 e. The Labute approximate surface area is 96.2 Å². The van der Waals surface area contributed by atoms with E-state index in [0.29, 0.717) is 6.04 Å². The average molecular weight is 224 g/mol. The SMILES string of the molecule is CCCc1noc(CN(C)C2CCNC2)n1. The van der Waals surface area contributed by atoms with E-state index in [4.69, 9.17) is 4.52 Å². The molecule has 0 aromatic carbocycles. The predicted molar refractivity (Wildman–Crippen MR) is 61.0 cm³/mol. The van der Waals surface area contributed by atoms with E-state index in [-0.39, 0.29) is 0 Å². The number of likely N-dealkylation sites (N-methyl/N-ethyl adjacent to an activating group) is 1. The third-order valence-corrected chi connectivity index (χ3v) is 3.03. The van der Waals surface area contributed by atoms with Gasteiger partial charge in [0.05, 0.1) is 6.54 Å². The molecule has 0 bridgehead atoms. The average Bonchev–Trinajstić information content (AvgIpc) is 2.89. The van der Waals surface area contributed by atoms with Gasteiger partial charge in [-0.05, 0) is 26.4 Å². The molecular formula is C11H20N4O. The van der Waals surface area contributed by atoms with Crippen LogP contribution in [-0.2, 0) is 13.0 Å². The second-order valence-corrected chi connectivity index (χ2v) is 4.42. The van der Waals surface area contributed by atoms with Gasteiger partial charge in [-0.3, -0.25) is 4.90 Å². The first-order valence-electron chi connectivity index (χ1n) is 6.02. The zero-order valence-electron chi connectivity index (χ0n) is 10.1. The van der Waals surface area contributed by atoms with Gasteiger partial charge in [-0.1, -0.05) is 12.1 Å². The molecule has 0 saturated carbocycles. The fourth-order valence-electron chi connectivity index (χ4n) is 2.04. The Kier molecular flexibility index (Phi) is 3.90. The van der Waals surface area contributed by atoms with Crippen LogP contribution in [-0.4, -0.2) is 41.2 Å². The Morgan fingerprint density at radius 2 is 2.44 bits per heavy atom. The Morgan fingerprint density at radius 1 is 1.56 bits per heavy atom. The molecule has 1 aliphatic heterocycles. The van der Waals surface area contributed by atoms with Crippen LogP contribution in [0.5, 0.6) is 0 Å². The number of aryl methyl sites for hydroxylation is 1. The Bertz CT molecular complexity index is 320. The molecule has 1 fully saturated rings. The molecule has 2 rings (SSSR count). The van der Waals surface area contributed by atoms with Crippen molar-refractivity contribution < 1.29 is 4.52 Å². The number of rotatable bonds is 5. The second kappa shape index (κ2) is 5.41. The fraction of sp³-hybridized carbons (Fsp3) is 0.818. The molecule has 1 N–H and O–H groups in total. The number of hydrogen-bond acceptors (Lipinski definition) is 5.